The van der Waals surface area contributed by atoms with Gasteiger partial charge in [0.15, 0.2) is 11.6 Å². The first kappa shape index (κ1) is 17.0. The lowest BCUT2D eigenvalue weighted by atomic mass is 10.1. The molecule has 0 unspecified atom stereocenters. The summed E-state index contributed by atoms with van der Waals surface area (Å²) < 4.78 is 33.2. The summed E-state index contributed by atoms with van der Waals surface area (Å²) in [4.78, 5) is 0. The van der Waals surface area contributed by atoms with Gasteiger partial charge in [-0.15, -0.1) is 0 Å². The van der Waals surface area contributed by atoms with E-state index >= 15 is 0 Å². The molecule has 0 amide bonds. The van der Waals surface area contributed by atoms with Gasteiger partial charge in [-0.1, -0.05) is 17.7 Å². The van der Waals surface area contributed by atoms with Crippen molar-refractivity contribution in [2.45, 2.75) is 25.5 Å². The Morgan fingerprint density at radius 2 is 1.88 bits per heavy atom. The van der Waals surface area contributed by atoms with Gasteiger partial charge in [-0.25, -0.2) is 8.78 Å². The van der Waals surface area contributed by atoms with Crippen molar-refractivity contribution in [3.05, 3.63) is 58.6 Å². The van der Waals surface area contributed by atoms with E-state index in [-0.39, 0.29) is 12.4 Å². The highest BCUT2D eigenvalue weighted by Gasteiger charge is 2.14. The van der Waals surface area contributed by atoms with Crippen molar-refractivity contribution in [2.75, 3.05) is 18.4 Å². The molecular weight excluding hydrogens is 334 g/mol. The maximum atomic E-state index is 13.9. The SMILES string of the molecule is Fc1cc(Cl)ccc1COc1cc(NC2CCNCC2)ccc1F. The number of hydrogen-bond donors (Lipinski definition) is 2. The van der Waals surface area contributed by atoms with Crippen LogP contribution in [-0.2, 0) is 6.61 Å². The summed E-state index contributed by atoms with van der Waals surface area (Å²) in [6.45, 7) is 1.88. The number of halogens is 3. The number of anilines is 1. The predicted molar refractivity (Wildman–Crippen MR) is 91.7 cm³/mol. The van der Waals surface area contributed by atoms with Gasteiger partial charge >= 0.3 is 0 Å². The third-order valence-electron chi connectivity index (χ3n) is 4.04. The summed E-state index contributed by atoms with van der Waals surface area (Å²) in [5, 5.41) is 7.00. The first-order valence-corrected chi connectivity index (χ1v) is 8.33. The molecule has 2 aromatic carbocycles. The van der Waals surface area contributed by atoms with Crippen LogP contribution in [0.25, 0.3) is 0 Å². The average Bonchev–Trinajstić information content (AvgIpc) is 2.57. The Labute approximate surface area is 145 Å². The zero-order chi connectivity index (χ0) is 16.9. The molecule has 0 spiro atoms. The van der Waals surface area contributed by atoms with E-state index in [1.165, 1.54) is 18.2 Å². The number of piperidine rings is 1. The fourth-order valence-corrected chi connectivity index (χ4v) is 2.86. The monoisotopic (exact) mass is 352 g/mol. The molecule has 0 aliphatic carbocycles. The van der Waals surface area contributed by atoms with Gasteiger partial charge in [-0.3, -0.25) is 0 Å². The normalized spacial score (nSPS) is 15.3. The zero-order valence-electron chi connectivity index (χ0n) is 13.1. The highest BCUT2D eigenvalue weighted by Crippen LogP contribution is 2.25. The van der Waals surface area contributed by atoms with E-state index in [4.69, 9.17) is 16.3 Å². The van der Waals surface area contributed by atoms with E-state index in [0.29, 0.717) is 16.6 Å². The average molecular weight is 353 g/mol. The Kier molecular flexibility index (Phi) is 5.53. The lowest BCUT2D eigenvalue weighted by Gasteiger charge is -2.25. The van der Waals surface area contributed by atoms with Crippen LogP contribution in [0.1, 0.15) is 18.4 Å². The molecule has 24 heavy (non-hydrogen) atoms. The van der Waals surface area contributed by atoms with Gasteiger partial charge in [0.25, 0.3) is 0 Å². The van der Waals surface area contributed by atoms with Gasteiger partial charge in [-0.05, 0) is 50.2 Å². The van der Waals surface area contributed by atoms with E-state index in [2.05, 4.69) is 10.6 Å². The minimum Gasteiger partial charge on any atom is -0.486 e. The van der Waals surface area contributed by atoms with Crippen LogP contribution in [0.5, 0.6) is 5.75 Å². The van der Waals surface area contributed by atoms with Crippen LogP contribution in [0.3, 0.4) is 0 Å². The highest BCUT2D eigenvalue weighted by molar-refractivity contribution is 6.30. The summed E-state index contributed by atoms with van der Waals surface area (Å²) in [5.41, 5.74) is 1.13. The molecular formula is C18H19ClF2N2O. The second kappa shape index (κ2) is 7.81. The first-order chi connectivity index (χ1) is 11.6. The van der Waals surface area contributed by atoms with Crippen LogP contribution in [0.2, 0.25) is 5.02 Å². The fourth-order valence-electron chi connectivity index (χ4n) is 2.70. The maximum Gasteiger partial charge on any atom is 0.165 e. The molecule has 0 saturated carbocycles. The molecule has 6 heteroatoms. The Morgan fingerprint density at radius 3 is 2.62 bits per heavy atom. The Hall–Kier alpha value is -1.85. The van der Waals surface area contributed by atoms with Crippen LogP contribution >= 0.6 is 11.6 Å². The topological polar surface area (TPSA) is 33.3 Å². The molecule has 1 fully saturated rings. The molecule has 0 aromatic heterocycles. The Morgan fingerprint density at radius 1 is 1.08 bits per heavy atom. The summed E-state index contributed by atoms with van der Waals surface area (Å²) in [6, 6.07) is 9.35. The van der Waals surface area contributed by atoms with Crippen LogP contribution in [0.15, 0.2) is 36.4 Å². The van der Waals surface area contributed by atoms with Crippen molar-refractivity contribution in [1.82, 2.24) is 5.32 Å². The van der Waals surface area contributed by atoms with Crippen molar-refractivity contribution < 1.29 is 13.5 Å². The maximum absolute atomic E-state index is 13.9. The Balaban J connectivity index is 1.67. The van der Waals surface area contributed by atoms with E-state index in [1.54, 1.807) is 18.2 Å². The number of hydrogen-bond acceptors (Lipinski definition) is 3. The highest BCUT2D eigenvalue weighted by atomic mass is 35.5. The lowest BCUT2D eigenvalue weighted by molar-refractivity contribution is 0.285. The molecule has 2 aromatic rings. The van der Waals surface area contributed by atoms with Crippen molar-refractivity contribution in [3.8, 4) is 5.75 Å². The van der Waals surface area contributed by atoms with Crippen molar-refractivity contribution in [3.63, 3.8) is 0 Å². The molecule has 0 atom stereocenters. The van der Waals surface area contributed by atoms with Crippen molar-refractivity contribution in [2.24, 2.45) is 0 Å². The lowest BCUT2D eigenvalue weighted by Crippen LogP contribution is -2.35. The van der Waals surface area contributed by atoms with E-state index < -0.39 is 11.6 Å². The van der Waals surface area contributed by atoms with E-state index in [9.17, 15) is 8.78 Å². The summed E-state index contributed by atoms with van der Waals surface area (Å²) in [6.07, 6.45) is 2.03. The molecule has 1 aliphatic heterocycles. The molecule has 1 heterocycles. The number of rotatable bonds is 5. The standard InChI is InChI=1S/C18H19ClF2N2O/c19-13-2-1-12(17(21)9-13)11-24-18-10-15(3-4-16(18)20)23-14-5-7-22-8-6-14/h1-4,9-10,14,22-23H,5-8,11H2. The van der Waals surface area contributed by atoms with Gasteiger partial charge in [-0.2, -0.15) is 0 Å². The molecule has 0 bridgehead atoms. The van der Waals surface area contributed by atoms with Gasteiger partial charge < -0.3 is 15.4 Å². The van der Waals surface area contributed by atoms with Crippen LogP contribution in [0.4, 0.5) is 14.5 Å². The molecule has 1 saturated heterocycles. The predicted octanol–water partition coefficient (Wildman–Crippen LogP) is 4.36. The second-order valence-electron chi connectivity index (χ2n) is 5.84. The minimum atomic E-state index is -0.472. The summed E-state index contributed by atoms with van der Waals surface area (Å²) in [7, 11) is 0. The third-order valence-corrected chi connectivity index (χ3v) is 4.27. The smallest absolute Gasteiger partial charge is 0.165 e. The van der Waals surface area contributed by atoms with Crippen molar-refractivity contribution in [1.29, 1.82) is 0 Å². The number of benzene rings is 2. The largest absolute Gasteiger partial charge is 0.486 e. The van der Waals surface area contributed by atoms with E-state index in [1.807, 2.05) is 0 Å². The molecule has 3 rings (SSSR count). The molecule has 2 N–H and O–H groups in total. The quantitative estimate of drug-likeness (QED) is 0.838. The molecule has 128 valence electrons. The van der Waals surface area contributed by atoms with E-state index in [0.717, 1.165) is 31.6 Å². The van der Waals surface area contributed by atoms with Crippen LogP contribution in [0, 0.1) is 11.6 Å². The number of ether oxygens (including phenoxy) is 1. The minimum absolute atomic E-state index is 0.0588. The van der Waals surface area contributed by atoms with Gasteiger partial charge in [0.1, 0.15) is 12.4 Å². The molecule has 0 radical (unpaired) electrons. The second-order valence-corrected chi connectivity index (χ2v) is 6.27. The zero-order valence-corrected chi connectivity index (χ0v) is 13.9. The fraction of sp³-hybridized carbons (Fsp3) is 0.333. The summed E-state index contributed by atoms with van der Waals surface area (Å²) in [5.74, 6) is -0.838. The van der Waals surface area contributed by atoms with Gasteiger partial charge in [0.2, 0.25) is 0 Å². The van der Waals surface area contributed by atoms with Crippen LogP contribution in [-0.4, -0.2) is 19.1 Å². The molecule has 3 nitrogen and oxygen atoms in total. The summed E-state index contributed by atoms with van der Waals surface area (Å²) >= 11 is 5.72. The first-order valence-electron chi connectivity index (χ1n) is 7.95. The van der Waals surface area contributed by atoms with Gasteiger partial charge in [0, 0.05) is 28.4 Å². The third kappa shape index (κ3) is 4.36. The van der Waals surface area contributed by atoms with Crippen molar-refractivity contribution >= 4 is 17.3 Å². The number of nitrogens with one attached hydrogen (secondary N) is 2. The Bertz CT molecular complexity index is 705. The van der Waals surface area contributed by atoms with Gasteiger partial charge in [0.05, 0.1) is 0 Å². The van der Waals surface area contributed by atoms with Crippen LogP contribution < -0.4 is 15.4 Å². The molecule has 1 aliphatic rings.